The van der Waals surface area contributed by atoms with Crippen molar-refractivity contribution >= 4 is 12.4 Å². The van der Waals surface area contributed by atoms with Crippen LogP contribution >= 0.6 is 0 Å². The molecule has 6 heteroatoms. The number of aldehydes is 1. The number of carbonyl (C=O) groups excluding carboxylic acids is 2. The number of aromatic nitrogens is 2. The summed E-state index contributed by atoms with van der Waals surface area (Å²) in [6.45, 7) is 8.00. The van der Waals surface area contributed by atoms with Crippen molar-refractivity contribution in [1.82, 2.24) is 14.7 Å². The molecule has 0 bridgehead atoms. The predicted molar refractivity (Wildman–Crippen MR) is 70.7 cm³/mol. The van der Waals surface area contributed by atoms with Crippen LogP contribution in [0.25, 0.3) is 0 Å². The Morgan fingerprint density at radius 2 is 2.21 bits per heavy atom. The molecule has 1 aromatic heterocycles. The molecule has 1 aromatic rings. The highest BCUT2D eigenvalue weighted by molar-refractivity contribution is 5.74. The molecule has 0 aliphatic rings. The number of carbonyl (C=O) groups is 2. The van der Waals surface area contributed by atoms with Crippen molar-refractivity contribution in [1.29, 1.82) is 0 Å². The number of likely N-dealkylation sites (N-methyl/N-ethyl adjacent to an activating group) is 1. The van der Waals surface area contributed by atoms with Gasteiger partial charge in [-0.2, -0.15) is 5.10 Å². The number of nitrogens with zero attached hydrogens (tertiary/aromatic N) is 3. The molecule has 0 radical (unpaired) electrons. The summed E-state index contributed by atoms with van der Waals surface area (Å²) in [7, 11) is 1.54. The monoisotopic (exact) mass is 267 g/mol. The molecule has 1 heterocycles. The second-order valence-electron chi connectivity index (χ2n) is 5.30. The second-order valence-corrected chi connectivity index (χ2v) is 5.30. The van der Waals surface area contributed by atoms with Crippen molar-refractivity contribution in [3.05, 3.63) is 18.0 Å². The summed E-state index contributed by atoms with van der Waals surface area (Å²) in [5.74, 6) is 0. The van der Waals surface area contributed by atoms with E-state index in [1.54, 1.807) is 37.8 Å². The van der Waals surface area contributed by atoms with Gasteiger partial charge < -0.3 is 9.53 Å². The summed E-state index contributed by atoms with van der Waals surface area (Å²) >= 11 is 0. The van der Waals surface area contributed by atoms with E-state index in [2.05, 4.69) is 5.10 Å². The smallest absolute Gasteiger partial charge is 0.410 e. The molecule has 1 atom stereocenters. The topological polar surface area (TPSA) is 64.4 Å². The lowest BCUT2D eigenvalue weighted by Gasteiger charge is -2.27. The maximum absolute atomic E-state index is 11.9. The van der Waals surface area contributed by atoms with Gasteiger partial charge in [-0.05, 0) is 27.7 Å². The van der Waals surface area contributed by atoms with E-state index in [1.165, 1.54) is 11.9 Å². The zero-order valence-corrected chi connectivity index (χ0v) is 12.1. The summed E-state index contributed by atoms with van der Waals surface area (Å²) in [5.41, 5.74) is 0.0806. The first kappa shape index (κ1) is 15.2. The first-order valence-corrected chi connectivity index (χ1v) is 6.22. The van der Waals surface area contributed by atoms with Crippen molar-refractivity contribution < 1.29 is 14.3 Å². The minimum Gasteiger partial charge on any atom is -0.444 e. The first-order valence-electron chi connectivity index (χ1n) is 6.22. The standard InChI is InChI=1S/C13H21N3O3/c1-6-16-8-10(7-14-16)11(9-17)15(5)12(18)19-13(2,3)4/h7-9,11H,6H2,1-5H3. The Labute approximate surface area is 113 Å². The Hall–Kier alpha value is -1.85. The van der Waals surface area contributed by atoms with Gasteiger partial charge in [0.25, 0.3) is 0 Å². The molecule has 0 N–H and O–H groups in total. The van der Waals surface area contributed by atoms with Crippen LogP contribution in [0.2, 0.25) is 0 Å². The Bertz CT molecular complexity index is 448. The van der Waals surface area contributed by atoms with Crippen LogP contribution in [-0.4, -0.2) is 39.7 Å². The van der Waals surface area contributed by atoms with Crippen molar-refractivity contribution in [2.75, 3.05) is 7.05 Å². The Morgan fingerprint density at radius 3 is 2.63 bits per heavy atom. The normalized spacial score (nSPS) is 12.9. The lowest BCUT2D eigenvalue weighted by atomic mass is 10.1. The maximum atomic E-state index is 11.9. The average Bonchev–Trinajstić information content (AvgIpc) is 2.76. The molecule has 6 nitrogen and oxygen atoms in total. The minimum atomic E-state index is -0.685. The molecular formula is C13H21N3O3. The largest absolute Gasteiger partial charge is 0.444 e. The van der Waals surface area contributed by atoms with E-state index in [0.29, 0.717) is 18.4 Å². The van der Waals surface area contributed by atoms with Crippen LogP contribution in [-0.2, 0) is 16.1 Å². The van der Waals surface area contributed by atoms with Gasteiger partial charge in [0.1, 0.15) is 17.9 Å². The van der Waals surface area contributed by atoms with E-state index in [1.807, 2.05) is 6.92 Å². The van der Waals surface area contributed by atoms with Crippen molar-refractivity contribution in [3.8, 4) is 0 Å². The lowest BCUT2D eigenvalue weighted by Crippen LogP contribution is -2.37. The molecule has 0 aliphatic carbocycles. The number of rotatable bonds is 4. The van der Waals surface area contributed by atoms with Gasteiger partial charge in [0.05, 0.1) is 6.20 Å². The molecular weight excluding hydrogens is 246 g/mol. The van der Waals surface area contributed by atoms with Crippen LogP contribution < -0.4 is 0 Å². The van der Waals surface area contributed by atoms with E-state index in [0.717, 1.165) is 0 Å². The summed E-state index contributed by atoms with van der Waals surface area (Å²) in [5, 5.41) is 4.10. The molecule has 1 rings (SSSR count). The third-order valence-electron chi connectivity index (χ3n) is 2.55. The summed E-state index contributed by atoms with van der Waals surface area (Å²) < 4.78 is 6.94. The minimum absolute atomic E-state index is 0.533. The zero-order valence-electron chi connectivity index (χ0n) is 12.1. The van der Waals surface area contributed by atoms with Crippen molar-refractivity contribution in [3.63, 3.8) is 0 Å². The maximum Gasteiger partial charge on any atom is 0.410 e. The molecule has 0 fully saturated rings. The van der Waals surface area contributed by atoms with Gasteiger partial charge in [0.15, 0.2) is 0 Å². The van der Waals surface area contributed by atoms with E-state index in [-0.39, 0.29) is 0 Å². The fourth-order valence-corrected chi connectivity index (χ4v) is 1.55. The summed E-state index contributed by atoms with van der Waals surface area (Å²) in [4.78, 5) is 24.4. The van der Waals surface area contributed by atoms with Gasteiger partial charge in [-0.25, -0.2) is 4.79 Å². The van der Waals surface area contributed by atoms with E-state index in [9.17, 15) is 9.59 Å². The number of aryl methyl sites for hydroxylation is 1. The third kappa shape index (κ3) is 4.08. The quantitative estimate of drug-likeness (QED) is 0.783. The van der Waals surface area contributed by atoms with Crippen LogP contribution in [0.3, 0.4) is 0 Å². The Balaban J connectivity index is 2.84. The first-order chi connectivity index (χ1) is 8.78. The van der Waals surface area contributed by atoms with Crippen LogP contribution in [0, 0.1) is 0 Å². The van der Waals surface area contributed by atoms with Gasteiger partial charge in [-0.3, -0.25) is 9.58 Å². The lowest BCUT2D eigenvalue weighted by molar-refractivity contribution is -0.112. The van der Waals surface area contributed by atoms with E-state index >= 15 is 0 Å². The number of amides is 1. The summed E-state index contributed by atoms with van der Waals surface area (Å²) in [6, 6.07) is -0.685. The van der Waals surface area contributed by atoms with Crippen molar-refractivity contribution in [2.24, 2.45) is 0 Å². The molecule has 19 heavy (non-hydrogen) atoms. The van der Waals surface area contributed by atoms with Gasteiger partial charge in [-0.15, -0.1) is 0 Å². The van der Waals surface area contributed by atoms with Crippen LogP contribution in [0.5, 0.6) is 0 Å². The van der Waals surface area contributed by atoms with Gasteiger partial charge in [0.2, 0.25) is 0 Å². The van der Waals surface area contributed by atoms with Crippen LogP contribution in [0.15, 0.2) is 12.4 Å². The highest BCUT2D eigenvalue weighted by Gasteiger charge is 2.26. The van der Waals surface area contributed by atoms with Crippen LogP contribution in [0.1, 0.15) is 39.3 Å². The zero-order chi connectivity index (χ0) is 14.6. The highest BCUT2D eigenvalue weighted by Crippen LogP contribution is 2.19. The molecule has 0 spiro atoms. The molecule has 0 saturated carbocycles. The average molecular weight is 267 g/mol. The fraction of sp³-hybridized carbons (Fsp3) is 0.615. The molecule has 106 valence electrons. The number of hydrogen-bond acceptors (Lipinski definition) is 4. The van der Waals surface area contributed by atoms with Crippen LogP contribution in [0.4, 0.5) is 4.79 Å². The van der Waals surface area contributed by atoms with E-state index in [4.69, 9.17) is 4.74 Å². The molecule has 0 saturated heterocycles. The number of ether oxygens (including phenoxy) is 1. The SMILES string of the molecule is CCn1cc(C(C=O)N(C)C(=O)OC(C)(C)C)cn1. The molecule has 1 amide bonds. The number of hydrogen-bond donors (Lipinski definition) is 0. The molecule has 1 unspecified atom stereocenters. The van der Waals surface area contributed by atoms with E-state index < -0.39 is 17.7 Å². The van der Waals surface area contributed by atoms with Gasteiger partial charge >= 0.3 is 6.09 Å². The van der Waals surface area contributed by atoms with Gasteiger partial charge in [0, 0.05) is 25.4 Å². The summed E-state index contributed by atoms with van der Waals surface area (Å²) in [6.07, 6.45) is 3.51. The third-order valence-corrected chi connectivity index (χ3v) is 2.55. The van der Waals surface area contributed by atoms with Gasteiger partial charge in [-0.1, -0.05) is 0 Å². The van der Waals surface area contributed by atoms with Crippen molar-refractivity contribution in [2.45, 2.75) is 45.9 Å². The highest BCUT2D eigenvalue weighted by atomic mass is 16.6. The molecule has 0 aliphatic heterocycles. The predicted octanol–water partition coefficient (Wildman–Crippen LogP) is 2.01. The molecule has 0 aromatic carbocycles. The fourth-order valence-electron chi connectivity index (χ4n) is 1.55. The second kappa shape index (κ2) is 5.86. The Kier molecular flexibility index (Phi) is 4.69. The Morgan fingerprint density at radius 1 is 1.58 bits per heavy atom.